The van der Waals surface area contributed by atoms with Gasteiger partial charge in [-0.15, -0.1) is 0 Å². The second-order valence-electron chi connectivity index (χ2n) is 6.57. The molecule has 10 heteroatoms. The number of aromatic nitrogens is 2. The third-order valence-corrected chi connectivity index (χ3v) is 6.11. The Morgan fingerprint density at radius 2 is 1.73 bits per heavy atom. The molecule has 9 nitrogen and oxygen atoms in total. The Labute approximate surface area is 175 Å². The summed E-state index contributed by atoms with van der Waals surface area (Å²) >= 11 is 0. The maximum absolute atomic E-state index is 12.8. The van der Waals surface area contributed by atoms with Crippen molar-refractivity contribution >= 4 is 27.4 Å². The van der Waals surface area contributed by atoms with Gasteiger partial charge in [-0.25, -0.2) is 13.2 Å². The summed E-state index contributed by atoms with van der Waals surface area (Å²) in [6, 6.07) is 14.8. The zero-order chi connectivity index (χ0) is 21.6. The van der Waals surface area contributed by atoms with Crippen LogP contribution in [0.15, 0.2) is 71.9 Å². The Bertz CT molecular complexity index is 1080. The van der Waals surface area contributed by atoms with Gasteiger partial charge in [0.15, 0.2) is 0 Å². The van der Waals surface area contributed by atoms with E-state index in [1.54, 1.807) is 6.20 Å². The Hall–Kier alpha value is -3.21. The van der Waals surface area contributed by atoms with Gasteiger partial charge in [0.05, 0.1) is 29.9 Å². The smallest absolute Gasteiger partial charge is 0.323 e. The number of sulfonamides is 1. The Morgan fingerprint density at radius 3 is 2.40 bits per heavy atom. The molecule has 2 aromatic carbocycles. The van der Waals surface area contributed by atoms with Crippen LogP contribution in [0.25, 0.3) is 0 Å². The first-order chi connectivity index (χ1) is 14.4. The first-order valence-corrected chi connectivity index (χ1v) is 10.6. The average Bonchev–Trinajstić information content (AvgIpc) is 3.16. The van der Waals surface area contributed by atoms with Crippen molar-refractivity contribution in [2.24, 2.45) is 0 Å². The summed E-state index contributed by atoms with van der Waals surface area (Å²) in [5.74, 6) is 0. The highest BCUT2D eigenvalue weighted by Crippen LogP contribution is 2.19. The monoisotopic (exact) mass is 429 g/mol. The highest BCUT2D eigenvalue weighted by molar-refractivity contribution is 7.89. The number of benzene rings is 2. The predicted molar refractivity (Wildman–Crippen MR) is 113 cm³/mol. The van der Waals surface area contributed by atoms with Crippen LogP contribution in [0.3, 0.4) is 0 Å². The van der Waals surface area contributed by atoms with Crippen molar-refractivity contribution in [1.29, 1.82) is 0 Å². The molecule has 0 fully saturated rings. The summed E-state index contributed by atoms with van der Waals surface area (Å²) in [6.45, 7) is 0.538. The summed E-state index contributed by atoms with van der Waals surface area (Å²) in [4.78, 5) is 12.2. The number of carbonyl (C=O) groups is 1. The van der Waals surface area contributed by atoms with Gasteiger partial charge in [-0.05, 0) is 29.8 Å². The lowest BCUT2D eigenvalue weighted by atomic mass is 10.2. The molecule has 0 atom stereocenters. The largest absolute Gasteiger partial charge is 0.394 e. The Morgan fingerprint density at radius 1 is 1.07 bits per heavy atom. The van der Waals surface area contributed by atoms with Crippen LogP contribution in [0.5, 0.6) is 0 Å². The van der Waals surface area contributed by atoms with Crippen LogP contribution in [0.2, 0.25) is 0 Å². The second-order valence-corrected chi connectivity index (χ2v) is 8.61. The molecule has 1 heterocycles. The second kappa shape index (κ2) is 9.53. The molecular weight excluding hydrogens is 406 g/mol. The first-order valence-electron chi connectivity index (χ1n) is 9.20. The van der Waals surface area contributed by atoms with Crippen LogP contribution in [-0.2, 0) is 23.1 Å². The molecule has 0 aliphatic heterocycles. The predicted octanol–water partition coefficient (Wildman–Crippen LogP) is 2.34. The number of carbonyl (C=O) groups excluding carboxylic acids is 1. The van der Waals surface area contributed by atoms with E-state index in [4.69, 9.17) is 5.11 Å². The van der Waals surface area contributed by atoms with Crippen molar-refractivity contribution in [3.8, 4) is 0 Å². The van der Waals surface area contributed by atoms with E-state index in [-0.39, 0.29) is 18.0 Å². The topological polar surface area (TPSA) is 117 Å². The highest BCUT2D eigenvalue weighted by atomic mass is 32.2. The number of aliphatic hydroxyl groups is 1. The number of nitrogens with one attached hydrogen (secondary N) is 2. The fourth-order valence-corrected chi connectivity index (χ4v) is 3.92. The maximum Gasteiger partial charge on any atom is 0.323 e. The van der Waals surface area contributed by atoms with Gasteiger partial charge in [0.2, 0.25) is 10.0 Å². The summed E-state index contributed by atoms with van der Waals surface area (Å²) in [5, 5.41) is 18.1. The Kier molecular flexibility index (Phi) is 6.83. The van der Waals surface area contributed by atoms with Gasteiger partial charge in [-0.2, -0.15) is 9.40 Å². The first kappa shape index (κ1) is 21.5. The average molecular weight is 430 g/mol. The van der Waals surface area contributed by atoms with Gasteiger partial charge < -0.3 is 15.7 Å². The van der Waals surface area contributed by atoms with Gasteiger partial charge in [-0.1, -0.05) is 30.3 Å². The molecule has 3 aromatic rings. The summed E-state index contributed by atoms with van der Waals surface area (Å²) in [5.41, 5.74) is 1.81. The van der Waals surface area contributed by atoms with Crippen molar-refractivity contribution in [3.63, 3.8) is 0 Å². The van der Waals surface area contributed by atoms with Gasteiger partial charge in [-0.3, -0.25) is 4.68 Å². The molecule has 0 saturated carbocycles. The van der Waals surface area contributed by atoms with Crippen LogP contribution in [0, 0.1) is 0 Å². The molecular formula is C20H23N5O4S. The van der Waals surface area contributed by atoms with Gasteiger partial charge >= 0.3 is 6.03 Å². The van der Waals surface area contributed by atoms with E-state index in [1.807, 2.05) is 30.3 Å². The molecule has 30 heavy (non-hydrogen) atoms. The molecule has 1 aromatic heterocycles. The maximum atomic E-state index is 12.8. The zero-order valence-corrected chi connectivity index (χ0v) is 17.2. The normalized spacial score (nSPS) is 11.4. The van der Waals surface area contributed by atoms with E-state index in [2.05, 4.69) is 15.7 Å². The number of hydrogen-bond donors (Lipinski definition) is 3. The van der Waals surface area contributed by atoms with Crippen LogP contribution < -0.4 is 10.6 Å². The van der Waals surface area contributed by atoms with Gasteiger partial charge in [0.25, 0.3) is 0 Å². The fourth-order valence-electron chi connectivity index (χ4n) is 2.76. The van der Waals surface area contributed by atoms with Crippen molar-refractivity contribution in [1.82, 2.24) is 14.1 Å². The molecule has 0 saturated heterocycles. The van der Waals surface area contributed by atoms with E-state index >= 15 is 0 Å². The van der Waals surface area contributed by atoms with Gasteiger partial charge in [0, 0.05) is 25.5 Å². The summed E-state index contributed by atoms with van der Waals surface area (Å²) < 4.78 is 28.3. The number of hydrogen-bond acceptors (Lipinski definition) is 5. The van der Waals surface area contributed by atoms with Crippen molar-refractivity contribution < 1.29 is 18.3 Å². The third-order valence-electron chi connectivity index (χ3n) is 4.29. The fraction of sp³-hybridized carbons (Fsp3) is 0.200. The minimum atomic E-state index is -3.66. The van der Waals surface area contributed by atoms with Gasteiger partial charge in [0.1, 0.15) is 0 Å². The van der Waals surface area contributed by atoms with E-state index < -0.39 is 16.1 Å². The summed E-state index contributed by atoms with van der Waals surface area (Å²) in [6.07, 6.45) is 3.06. The molecule has 0 bridgehead atoms. The molecule has 3 N–H and O–H groups in total. The molecule has 0 unspecified atom stereocenters. The molecule has 2 amide bonds. The van der Waals surface area contributed by atoms with Crippen LogP contribution in [-0.4, -0.2) is 47.3 Å². The number of amides is 2. The Balaban J connectivity index is 1.61. The third kappa shape index (κ3) is 5.44. The van der Waals surface area contributed by atoms with Crippen LogP contribution in [0.1, 0.15) is 5.56 Å². The molecule has 3 rings (SSSR count). The quantitative estimate of drug-likeness (QED) is 0.508. The standard InChI is InChI=1S/C20H23N5O4S/c1-24(14-16-5-3-2-4-6-16)30(28,29)19-9-7-17(8-10-19)22-20(27)23-18-13-21-25(15-18)11-12-26/h2-10,13,15,26H,11-12,14H2,1H3,(H2,22,23,27). The highest BCUT2D eigenvalue weighted by Gasteiger charge is 2.20. The van der Waals surface area contributed by atoms with Crippen molar-refractivity contribution in [2.75, 3.05) is 24.3 Å². The number of aliphatic hydroxyl groups excluding tert-OH is 1. The SMILES string of the molecule is CN(Cc1ccccc1)S(=O)(=O)c1ccc(NC(=O)Nc2cnn(CCO)c2)cc1. The number of rotatable bonds is 8. The lowest BCUT2D eigenvalue weighted by molar-refractivity contribution is 0.262. The minimum Gasteiger partial charge on any atom is -0.394 e. The van der Waals surface area contributed by atoms with Crippen molar-refractivity contribution in [3.05, 3.63) is 72.6 Å². The van der Waals surface area contributed by atoms with E-state index in [0.717, 1.165) is 5.56 Å². The summed E-state index contributed by atoms with van der Waals surface area (Å²) in [7, 11) is -2.13. The van der Waals surface area contributed by atoms with E-state index in [0.29, 0.717) is 17.9 Å². The molecule has 0 aliphatic carbocycles. The lowest BCUT2D eigenvalue weighted by Gasteiger charge is -2.17. The number of nitrogens with zero attached hydrogens (tertiary/aromatic N) is 3. The number of urea groups is 1. The minimum absolute atomic E-state index is 0.0525. The molecule has 0 spiro atoms. The molecule has 158 valence electrons. The van der Waals surface area contributed by atoms with Crippen LogP contribution in [0.4, 0.5) is 16.2 Å². The lowest BCUT2D eigenvalue weighted by Crippen LogP contribution is -2.26. The zero-order valence-electron chi connectivity index (χ0n) is 16.4. The molecule has 0 aliphatic rings. The number of anilines is 2. The van der Waals surface area contributed by atoms with Crippen molar-refractivity contribution in [2.45, 2.75) is 18.0 Å². The molecule has 0 radical (unpaired) electrons. The van der Waals surface area contributed by atoms with E-state index in [9.17, 15) is 13.2 Å². The van der Waals surface area contributed by atoms with E-state index in [1.165, 1.54) is 46.5 Å². The van der Waals surface area contributed by atoms with Crippen LogP contribution >= 0.6 is 0 Å².